The van der Waals surface area contributed by atoms with Crippen LogP contribution in [0.4, 0.5) is 5.82 Å². The molecule has 4 rings (SSSR count). The van der Waals surface area contributed by atoms with Crippen molar-refractivity contribution in [3.05, 3.63) is 17.3 Å². The van der Waals surface area contributed by atoms with Crippen LogP contribution in [0.25, 0.3) is 4.96 Å². The topological polar surface area (TPSA) is 32.6 Å². The van der Waals surface area contributed by atoms with Gasteiger partial charge < -0.3 is 10.2 Å². The van der Waals surface area contributed by atoms with E-state index in [1.807, 2.05) is 0 Å². The maximum Gasteiger partial charge on any atom is 0.195 e. The van der Waals surface area contributed by atoms with E-state index in [0.29, 0.717) is 5.41 Å². The molecule has 0 amide bonds. The standard InChI is InChI=1S/C16H24N4S/c1-16(2)5-7-19(8-6-16)14-13(11-17-12-3-4-12)20-9-10-21-15(20)18-14/h9-10,12,17H,3-8,11H2,1-2H3. The third-order valence-corrected chi connectivity index (χ3v) is 5.65. The molecule has 1 aliphatic carbocycles. The maximum absolute atomic E-state index is 4.91. The maximum atomic E-state index is 4.91. The number of thiazole rings is 1. The highest BCUT2D eigenvalue weighted by Gasteiger charge is 2.29. The fourth-order valence-corrected chi connectivity index (χ4v) is 3.82. The molecule has 114 valence electrons. The van der Waals surface area contributed by atoms with Crippen LogP contribution < -0.4 is 10.2 Å². The summed E-state index contributed by atoms with van der Waals surface area (Å²) < 4.78 is 2.27. The van der Waals surface area contributed by atoms with E-state index in [2.05, 4.69) is 40.0 Å². The molecule has 4 nitrogen and oxygen atoms in total. The molecule has 2 fully saturated rings. The SMILES string of the molecule is CC1(C)CCN(c2nc3sccn3c2CNC2CC2)CC1. The smallest absolute Gasteiger partial charge is 0.195 e. The summed E-state index contributed by atoms with van der Waals surface area (Å²) in [6, 6.07) is 0.738. The molecule has 0 bridgehead atoms. The fourth-order valence-electron chi connectivity index (χ4n) is 3.09. The highest BCUT2D eigenvalue weighted by molar-refractivity contribution is 7.15. The predicted octanol–water partition coefficient (Wildman–Crippen LogP) is 3.27. The second-order valence-electron chi connectivity index (χ2n) is 7.24. The minimum atomic E-state index is 0.486. The molecular weight excluding hydrogens is 280 g/mol. The van der Waals surface area contributed by atoms with Gasteiger partial charge in [0.15, 0.2) is 10.8 Å². The molecule has 1 saturated heterocycles. The zero-order valence-corrected chi connectivity index (χ0v) is 13.7. The number of imidazole rings is 1. The first kappa shape index (κ1) is 13.6. The van der Waals surface area contributed by atoms with Gasteiger partial charge >= 0.3 is 0 Å². The van der Waals surface area contributed by atoms with Gasteiger partial charge in [0, 0.05) is 37.3 Å². The number of fused-ring (bicyclic) bond motifs is 1. The summed E-state index contributed by atoms with van der Waals surface area (Å²) in [4.78, 5) is 8.53. The van der Waals surface area contributed by atoms with Gasteiger partial charge in [-0.1, -0.05) is 13.8 Å². The Bertz CT molecular complexity index is 628. The van der Waals surface area contributed by atoms with Crippen LogP contribution in [0.5, 0.6) is 0 Å². The molecule has 21 heavy (non-hydrogen) atoms. The number of anilines is 1. The summed E-state index contributed by atoms with van der Waals surface area (Å²) in [6.45, 7) is 7.97. The lowest BCUT2D eigenvalue weighted by Gasteiger charge is -2.37. The summed E-state index contributed by atoms with van der Waals surface area (Å²) in [5.41, 5.74) is 1.83. The minimum absolute atomic E-state index is 0.486. The van der Waals surface area contributed by atoms with Crippen molar-refractivity contribution in [2.24, 2.45) is 5.41 Å². The van der Waals surface area contributed by atoms with Crippen molar-refractivity contribution in [2.45, 2.75) is 52.1 Å². The van der Waals surface area contributed by atoms with Crippen molar-refractivity contribution >= 4 is 22.1 Å². The average molecular weight is 304 g/mol. The van der Waals surface area contributed by atoms with Crippen LogP contribution in [0.1, 0.15) is 45.2 Å². The third-order valence-electron chi connectivity index (χ3n) is 4.89. The molecule has 3 heterocycles. The van der Waals surface area contributed by atoms with Crippen molar-refractivity contribution in [1.82, 2.24) is 14.7 Å². The molecule has 0 unspecified atom stereocenters. The number of piperidine rings is 1. The van der Waals surface area contributed by atoms with E-state index < -0.39 is 0 Å². The molecular formula is C16H24N4S. The highest BCUT2D eigenvalue weighted by atomic mass is 32.1. The number of hydrogen-bond donors (Lipinski definition) is 1. The van der Waals surface area contributed by atoms with Gasteiger partial charge in [-0.3, -0.25) is 4.40 Å². The van der Waals surface area contributed by atoms with Crippen LogP contribution >= 0.6 is 11.3 Å². The van der Waals surface area contributed by atoms with Crippen LogP contribution in [0.2, 0.25) is 0 Å². The number of hydrogen-bond acceptors (Lipinski definition) is 4. The predicted molar refractivity (Wildman–Crippen MR) is 88.2 cm³/mol. The minimum Gasteiger partial charge on any atom is -0.355 e. The highest BCUT2D eigenvalue weighted by Crippen LogP contribution is 2.34. The van der Waals surface area contributed by atoms with Crippen molar-refractivity contribution in [3.63, 3.8) is 0 Å². The molecule has 2 aliphatic rings. The van der Waals surface area contributed by atoms with Gasteiger partial charge in [0.2, 0.25) is 0 Å². The lowest BCUT2D eigenvalue weighted by molar-refractivity contribution is 0.279. The molecule has 1 saturated carbocycles. The van der Waals surface area contributed by atoms with Crippen LogP contribution in [0, 0.1) is 5.41 Å². The summed E-state index contributed by atoms with van der Waals surface area (Å²) in [7, 11) is 0. The Morgan fingerprint density at radius 2 is 2.10 bits per heavy atom. The third kappa shape index (κ3) is 2.69. The molecule has 1 aliphatic heterocycles. The van der Waals surface area contributed by atoms with Crippen molar-refractivity contribution in [1.29, 1.82) is 0 Å². The van der Waals surface area contributed by atoms with E-state index in [9.17, 15) is 0 Å². The Balaban J connectivity index is 1.60. The first-order valence-corrected chi connectivity index (χ1v) is 8.93. The Morgan fingerprint density at radius 3 is 2.81 bits per heavy atom. The van der Waals surface area contributed by atoms with E-state index in [1.54, 1.807) is 11.3 Å². The molecule has 2 aromatic rings. The van der Waals surface area contributed by atoms with Gasteiger partial charge in [0.25, 0.3) is 0 Å². The number of rotatable bonds is 4. The monoisotopic (exact) mass is 304 g/mol. The summed E-state index contributed by atoms with van der Waals surface area (Å²) in [5.74, 6) is 1.21. The molecule has 2 aromatic heterocycles. The fraction of sp³-hybridized carbons (Fsp3) is 0.688. The van der Waals surface area contributed by atoms with Crippen LogP contribution in [0.15, 0.2) is 11.6 Å². The molecule has 0 radical (unpaired) electrons. The van der Waals surface area contributed by atoms with E-state index >= 15 is 0 Å². The summed E-state index contributed by atoms with van der Waals surface area (Å²) in [6.07, 6.45) is 7.34. The Hall–Kier alpha value is -1.07. The Morgan fingerprint density at radius 1 is 1.33 bits per heavy atom. The van der Waals surface area contributed by atoms with Gasteiger partial charge in [0.1, 0.15) is 0 Å². The average Bonchev–Trinajstić information content (AvgIpc) is 3.05. The van der Waals surface area contributed by atoms with E-state index in [0.717, 1.165) is 30.6 Å². The van der Waals surface area contributed by atoms with Gasteiger partial charge in [-0.05, 0) is 31.1 Å². The number of nitrogens with zero attached hydrogens (tertiary/aromatic N) is 3. The van der Waals surface area contributed by atoms with Crippen LogP contribution in [-0.2, 0) is 6.54 Å². The number of nitrogens with one attached hydrogen (secondary N) is 1. The Labute approximate surface area is 130 Å². The second kappa shape index (κ2) is 4.99. The Kier molecular flexibility index (Phi) is 3.23. The molecule has 5 heteroatoms. The van der Waals surface area contributed by atoms with Gasteiger partial charge in [-0.15, -0.1) is 11.3 Å². The number of aromatic nitrogens is 2. The zero-order chi connectivity index (χ0) is 14.4. The van der Waals surface area contributed by atoms with E-state index in [1.165, 1.54) is 37.2 Å². The van der Waals surface area contributed by atoms with Crippen LogP contribution in [-0.4, -0.2) is 28.5 Å². The lowest BCUT2D eigenvalue weighted by Crippen LogP contribution is -2.38. The van der Waals surface area contributed by atoms with Gasteiger partial charge in [0.05, 0.1) is 5.69 Å². The van der Waals surface area contributed by atoms with E-state index in [4.69, 9.17) is 4.98 Å². The lowest BCUT2D eigenvalue weighted by atomic mass is 9.83. The zero-order valence-electron chi connectivity index (χ0n) is 12.9. The normalized spacial score (nSPS) is 22.1. The van der Waals surface area contributed by atoms with Crippen molar-refractivity contribution < 1.29 is 0 Å². The summed E-state index contributed by atoms with van der Waals surface area (Å²) >= 11 is 1.73. The molecule has 0 aromatic carbocycles. The summed E-state index contributed by atoms with van der Waals surface area (Å²) in [5, 5.41) is 5.78. The first-order valence-electron chi connectivity index (χ1n) is 8.05. The van der Waals surface area contributed by atoms with Gasteiger partial charge in [-0.25, -0.2) is 4.98 Å². The van der Waals surface area contributed by atoms with Gasteiger partial charge in [-0.2, -0.15) is 0 Å². The van der Waals surface area contributed by atoms with Crippen molar-refractivity contribution in [2.75, 3.05) is 18.0 Å². The molecule has 1 N–H and O–H groups in total. The quantitative estimate of drug-likeness (QED) is 0.941. The van der Waals surface area contributed by atoms with E-state index in [-0.39, 0.29) is 0 Å². The van der Waals surface area contributed by atoms with Crippen LogP contribution in [0.3, 0.4) is 0 Å². The molecule has 0 atom stereocenters. The van der Waals surface area contributed by atoms with Crippen molar-refractivity contribution in [3.8, 4) is 0 Å². The molecule has 0 spiro atoms. The largest absolute Gasteiger partial charge is 0.355 e. The second-order valence-corrected chi connectivity index (χ2v) is 8.12. The first-order chi connectivity index (χ1) is 10.1.